The second kappa shape index (κ2) is 17.3. The number of rotatable bonds is 10. The van der Waals surface area contributed by atoms with E-state index < -0.39 is 0 Å². The second-order valence-corrected chi connectivity index (χ2v) is 23.7. The predicted molar refractivity (Wildman–Crippen MR) is 311 cm³/mol. The number of anilines is 6. The Morgan fingerprint density at radius 2 is 0.653 bits per heavy atom. The zero-order valence-corrected chi connectivity index (χ0v) is 44.0. The van der Waals surface area contributed by atoms with E-state index in [-0.39, 0.29) is 10.8 Å². The molecule has 0 aliphatic heterocycles. The summed E-state index contributed by atoms with van der Waals surface area (Å²) in [6.07, 6.45) is 5.13. The van der Waals surface area contributed by atoms with E-state index >= 15 is 0 Å². The van der Waals surface area contributed by atoms with Gasteiger partial charge in [0.05, 0.1) is 11.4 Å². The van der Waals surface area contributed by atoms with E-state index in [1.54, 1.807) is 0 Å². The molecule has 0 aromatic heterocycles. The van der Waals surface area contributed by atoms with Gasteiger partial charge in [0.25, 0.3) is 0 Å². The summed E-state index contributed by atoms with van der Waals surface area (Å²) in [6.45, 7) is 22.8. The summed E-state index contributed by atoms with van der Waals surface area (Å²) in [5.41, 5.74) is 22.6. The summed E-state index contributed by atoms with van der Waals surface area (Å²) in [6, 6.07) is 66.6. The molecule has 0 bridgehead atoms. The van der Waals surface area contributed by atoms with Gasteiger partial charge >= 0.3 is 0 Å². The molecule has 10 aromatic carbocycles. The Morgan fingerprint density at radius 3 is 0.958 bits per heavy atom. The summed E-state index contributed by atoms with van der Waals surface area (Å²) >= 11 is 0. The van der Waals surface area contributed by atoms with Crippen molar-refractivity contribution in [2.75, 3.05) is 9.80 Å². The minimum Gasteiger partial charge on any atom is -0.310 e. The van der Waals surface area contributed by atoms with Crippen molar-refractivity contribution in [1.29, 1.82) is 0 Å². The molecule has 2 aliphatic rings. The molecule has 0 saturated heterocycles. The second-order valence-electron chi connectivity index (χ2n) is 23.7. The van der Waals surface area contributed by atoms with Gasteiger partial charge in [0.2, 0.25) is 0 Å². The minimum atomic E-state index is 0.0383. The fourth-order valence-corrected chi connectivity index (χ4v) is 11.7. The molecular weight excluding hydrogens is 869 g/mol. The first kappa shape index (κ1) is 45.9. The van der Waals surface area contributed by atoms with Gasteiger partial charge in [-0.15, -0.1) is 0 Å². The Morgan fingerprint density at radius 1 is 0.333 bits per heavy atom. The van der Waals surface area contributed by atoms with Gasteiger partial charge < -0.3 is 9.80 Å². The molecule has 0 N–H and O–H groups in total. The Labute approximate surface area is 428 Å². The minimum absolute atomic E-state index is 0.0383. The average molecular weight is 937 g/mol. The topological polar surface area (TPSA) is 6.48 Å². The average Bonchev–Trinajstić information content (AvgIpc) is 4.29. The highest BCUT2D eigenvalue weighted by Gasteiger charge is 2.29. The summed E-state index contributed by atoms with van der Waals surface area (Å²) in [7, 11) is 0. The van der Waals surface area contributed by atoms with Gasteiger partial charge in [-0.2, -0.15) is 0 Å². The van der Waals surface area contributed by atoms with Crippen molar-refractivity contribution < 1.29 is 0 Å². The number of hydrogen-bond donors (Lipinski definition) is 0. The molecule has 0 radical (unpaired) electrons. The van der Waals surface area contributed by atoms with Crippen LogP contribution in [0.5, 0.6) is 0 Å². The molecule has 2 heteroatoms. The van der Waals surface area contributed by atoms with Gasteiger partial charge in [0, 0.05) is 44.3 Å². The zero-order valence-electron chi connectivity index (χ0n) is 44.0. The van der Waals surface area contributed by atoms with E-state index in [1.165, 1.54) is 159 Å². The fourth-order valence-electron chi connectivity index (χ4n) is 11.7. The van der Waals surface area contributed by atoms with Crippen LogP contribution in [0.15, 0.2) is 170 Å². The highest BCUT2D eigenvalue weighted by molar-refractivity contribution is 6.32. The quantitative estimate of drug-likeness (QED) is 0.126. The van der Waals surface area contributed by atoms with E-state index in [0.717, 1.165) is 0 Å². The molecule has 0 atom stereocenters. The summed E-state index contributed by atoms with van der Waals surface area (Å²) in [4.78, 5) is 5.09. The van der Waals surface area contributed by atoms with Crippen LogP contribution in [0, 0.1) is 27.7 Å². The van der Waals surface area contributed by atoms with Gasteiger partial charge in [-0.3, -0.25) is 0 Å². The highest BCUT2D eigenvalue weighted by Crippen LogP contribution is 2.53. The largest absolute Gasteiger partial charge is 0.310 e. The Balaban J connectivity index is 1.21. The van der Waals surface area contributed by atoms with Gasteiger partial charge in [-0.25, -0.2) is 0 Å². The molecule has 2 saturated carbocycles. The summed E-state index contributed by atoms with van der Waals surface area (Å²) in [5.74, 6) is 1.36. The number of aryl methyl sites for hydroxylation is 4. The monoisotopic (exact) mass is 937 g/mol. The number of benzene rings is 10. The maximum absolute atomic E-state index is 2.55. The first-order chi connectivity index (χ1) is 34.6. The number of hydrogen-bond acceptors (Lipinski definition) is 2. The van der Waals surface area contributed by atoms with Crippen LogP contribution in [0.4, 0.5) is 34.1 Å². The smallest absolute Gasteiger partial charge is 0.0546 e. The lowest BCUT2D eigenvalue weighted by Crippen LogP contribution is -2.13. The maximum atomic E-state index is 2.55. The van der Waals surface area contributed by atoms with Crippen molar-refractivity contribution in [1.82, 2.24) is 0 Å². The molecular formula is C70H68N2. The van der Waals surface area contributed by atoms with Crippen LogP contribution < -0.4 is 9.80 Å². The lowest BCUT2D eigenvalue weighted by Gasteiger charge is -2.31. The highest BCUT2D eigenvalue weighted by atomic mass is 15.2. The lowest BCUT2D eigenvalue weighted by atomic mass is 9.83. The lowest BCUT2D eigenvalue weighted by molar-refractivity contribution is 0.590. The molecule has 0 amide bonds. The Kier molecular flexibility index (Phi) is 11.0. The summed E-state index contributed by atoms with van der Waals surface area (Å²) in [5, 5.41) is 7.58. The van der Waals surface area contributed by atoms with Crippen molar-refractivity contribution in [3.63, 3.8) is 0 Å². The van der Waals surface area contributed by atoms with E-state index in [1.807, 2.05) is 0 Å². The Bertz CT molecular complexity index is 3380. The fraction of sp³-hybridized carbons (Fsp3) is 0.257. The molecule has 2 fully saturated rings. The number of nitrogens with zero attached hydrogens (tertiary/aromatic N) is 2. The van der Waals surface area contributed by atoms with Crippen molar-refractivity contribution >= 4 is 66.4 Å². The first-order valence-corrected chi connectivity index (χ1v) is 26.5. The van der Waals surface area contributed by atoms with Crippen LogP contribution in [0.1, 0.15) is 124 Å². The standard InChI is InChI=1S/C70H68N2/c1-43-35-44(2)38-57(37-43)71(55-27-19-49(20-28-55)47-11-12-47)65-41-63(51-15-23-53(24-16-51)69(5,6)7)59-32-34-62-66(72(58-39-45(3)36-46(4)40-58)56-29-21-50(22-30-56)48-13-14-48)42-64(60-31-33-61(65)67(59)68(60)62)52-17-25-54(26-18-52)70(8,9)10/h15-42,47-48H,11-14H2,1-10H3. The van der Waals surface area contributed by atoms with Crippen LogP contribution in [-0.4, -0.2) is 0 Å². The molecule has 10 aromatic rings. The van der Waals surface area contributed by atoms with Crippen LogP contribution in [0.2, 0.25) is 0 Å². The summed E-state index contributed by atoms with van der Waals surface area (Å²) < 4.78 is 0. The molecule has 0 spiro atoms. The SMILES string of the molecule is Cc1cc(C)cc(N(c2ccc(C3CC3)cc2)c2cc(-c3ccc(C(C)(C)C)cc3)c3ccc4c(N(c5ccc(C6CC6)cc5)c5cc(C)cc(C)c5)cc(-c5ccc(C(C)(C)C)cc5)c5ccc2c3c54)c1. The van der Waals surface area contributed by atoms with Crippen LogP contribution in [0.3, 0.4) is 0 Å². The van der Waals surface area contributed by atoms with Crippen molar-refractivity contribution in [2.24, 2.45) is 0 Å². The van der Waals surface area contributed by atoms with Crippen LogP contribution in [-0.2, 0) is 10.8 Å². The van der Waals surface area contributed by atoms with Gasteiger partial charge in [0.1, 0.15) is 0 Å². The van der Waals surface area contributed by atoms with E-state index in [4.69, 9.17) is 0 Å². The van der Waals surface area contributed by atoms with Gasteiger partial charge in [0.15, 0.2) is 0 Å². The van der Waals surface area contributed by atoms with Crippen LogP contribution in [0.25, 0.3) is 54.6 Å². The third-order valence-electron chi connectivity index (χ3n) is 15.8. The first-order valence-electron chi connectivity index (χ1n) is 26.5. The normalized spacial score (nSPS) is 14.2. The van der Waals surface area contributed by atoms with E-state index in [0.29, 0.717) is 11.8 Å². The predicted octanol–water partition coefficient (Wildman–Crippen LogP) is 20.4. The molecule has 358 valence electrons. The third-order valence-corrected chi connectivity index (χ3v) is 15.8. The third kappa shape index (κ3) is 8.43. The van der Waals surface area contributed by atoms with Gasteiger partial charge in [-0.05, 0) is 214 Å². The van der Waals surface area contributed by atoms with Crippen molar-refractivity contribution in [3.05, 3.63) is 214 Å². The van der Waals surface area contributed by atoms with Gasteiger partial charge in [-0.1, -0.05) is 151 Å². The molecule has 12 rings (SSSR count). The molecule has 2 aliphatic carbocycles. The van der Waals surface area contributed by atoms with E-state index in [9.17, 15) is 0 Å². The molecule has 0 unspecified atom stereocenters. The maximum Gasteiger partial charge on any atom is 0.0546 e. The van der Waals surface area contributed by atoms with Crippen LogP contribution >= 0.6 is 0 Å². The zero-order chi connectivity index (χ0) is 49.8. The van der Waals surface area contributed by atoms with Crippen molar-refractivity contribution in [3.8, 4) is 22.3 Å². The van der Waals surface area contributed by atoms with E-state index in [2.05, 4.69) is 249 Å². The molecule has 72 heavy (non-hydrogen) atoms. The Hall–Kier alpha value is -7.16. The molecule has 2 nitrogen and oxygen atoms in total. The molecule has 0 heterocycles. The van der Waals surface area contributed by atoms with Crippen molar-refractivity contribution in [2.45, 2.75) is 118 Å².